The van der Waals surface area contributed by atoms with Gasteiger partial charge in [-0.15, -0.1) is 0 Å². The zero-order valence-corrected chi connectivity index (χ0v) is 19.8. The molecular formula is C23H30ClN5O4. The summed E-state index contributed by atoms with van der Waals surface area (Å²) in [5.41, 5.74) is 0.667. The molecule has 0 aliphatic rings. The fourth-order valence-electron chi connectivity index (χ4n) is 3.64. The second kappa shape index (κ2) is 11.7. The van der Waals surface area contributed by atoms with Crippen LogP contribution in [0.25, 0.3) is 11.2 Å². The highest BCUT2D eigenvalue weighted by Gasteiger charge is 2.16. The Kier molecular flexibility index (Phi) is 8.71. The molecule has 0 radical (unpaired) electrons. The van der Waals surface area contributed by atoms with Gasteiger partial charge in [0, 0.05) is 26.1 Å². The number of carbonyl (C=O) groups excluding carboxylic acids is 1. The van der Waals surface area contributed by atoms with Gasteiger partial charge in [-0.3, -0.25) is 18.7 Å². The number of nitrogens with zero attached hydrogens (tertiary/aromatic N) is 3. The molecule has 178 valence electrons. The fourth-order valence-corrected chi connectivity index (χ4v) is 3.82. The standard InChI is InChI=1S/C23H30ClN5O4/c1-3-4-6-13-28-20-19(26-22(24)27-20)21(31)29(23(28)32)14-7-5-8-18(30)25-15-16-9-11-17(33-2)12-10-16/h9-12H,3-8,13-15H2,1-2H3,(H,25,30)(H,26,27). The third-order valence-electron chi connectivity index (χ3n) is 5.50. The van der Waals surface area contributed by atoms with E-state index in [1.165, 1.54) is 9.13 Å². The normalized spacial score (nSPS) is 11.1. The zero-order valence-electron chi connectivity index (χ0n) is 19.0. The molecule has 2 heterocycles. The van der Waals surface area contributed by atoms with Gasteiger partial charge in [-0.05, 0) is 48.6 Å². The first kappa shape index (κ1) is 24.6. The van der Waals surface area contributed by atoms with Gasteiger partial charge in [0.2, 0.25) is 11.2 Å². The van der Waals surface area contributed by atoms with Gasteiger partial charge in [-0.2, -0.15) is 4.98 Å². The first-order chi connectivity index (χ1) is 15.9. The van der Waals surface area contributed by atoms with Crippen LogP contribution in [0.1, 0.15) is 51.0 Å². The number of ether oxygens (including phenoxy) is 1. The van der Waals surface area contributed by atoms with E-state index in [9.17, 15) is 14.4 Å². The molecule has 0 saturated heterocycles. The second-order valence-electron chi connectivity index (χ2n) is 7.91. The number of aromatic nitrogens is 4. The van der Waals surface area contributed by atoms with Crippen LogP contribution in [0.2, 0.25) is 5.28 Å². The summed E-state index contributed by atoms with van der Waals surface area (Å²) >= 11 is 5.96. The topological polar surface area (TPSA) is 111 Å². The molecular weight excluding hydrogens is 446 g/mol. The van der Waals surface area contributed by atoms with E-state index in [1.54, 1.807) is 7.11 Å². The first-order valence-electron chi connectivity index (χ1n) is 11.2. The average Bonchev–Trinajstić information content (AvgIpc) is 3.21. The third-order valence-corrected chi connectivity index (χ3v) is 5.68. The van der Waals surface area contributed by atoms with Crippen molar-refractivity contribution in [2.24, 2.45) is 0 Å². The van der Waals surface area contributed by atoms with Gasteiger partial charge in [0.25, 0.3) is 5.56 Å². The summed E-state index contributed by atoms with van der Waals surface area (Å²) in [6.45, 7) is 3.21. The minimum Gasteiger partial charge on any atom is -0.497 e. The van der Waals surface area contributed by atoms with E-state index in [-0.39, 0.29) is 23.3 Å². The summed E-state index contributed by atoms with van der Waals surface area (Å²) in [4.78, 5) is 44.8. The number of hydrogen-bond donors (Lipinski definition) is 2. The number of H-pyrrole nitrogens is 1. The molecule has 0 atom stereocenters. The van der Waals surface area contributed by atoms with E-state index in [1.807, 2.05) is 24.3 Å². The number of aromatic amines is 1. The van der Waals surface area contributed by atoms with Crippen molar-refractivity contribution in [3.63, 3.8) is 0 Å². The minimum absolute atomic E-state index is 0.0778. The zero-order chi connectivity index (χ0) is 23.8. The monoisotopic (exact) mass is 475 g/mol. The van der Waals surface area contributed by atoms with Crippen LogP contribution in [-0.4, -0.2) is 32.1 Å². The van der Waals surface area contributed by atoms with Gasteiger partial charge in [0.05, 0.1) is 7.11 Å². The van der Waals surface area contributed by atoms with Crippen molar-refractivity contribution in [3.05, 3.63) is 56.0 Å². The van der Waals surface area contributed by atoms with Crippen molar-refractivity contribution in [1.82, 2.24) is 24.4 Å². The number of nitrogens with one attached hydrogen (secondary N) is 2. The molecule has 0 saturated carbocycles. The number of carbonyl (C=O) groups is 1. The van der Waals surface area contributed by atoms with Gasteiger partial charge in [-0.1, -0.05) is 31.9 Å². The Morgan fingerprint density at radius 3 is 2.48 bits per heavy atom. The van der Waals surface area contributed by atoms with Crippen molar-refractivity contribution in [1.29, 1.82) is 0 Å². The lowest BCUT2D eigenvalue weighted by Gasteiger charge is -2.11. The van der Waals surface area contributed by atoms with Gasteiger partial charge < -0.3 is 15.0 Å². The lowest BCUT2D eigenvalue weighted by molar-refractivity contribution is -0.121. The molecule has 2 N–H and O–H groups in total. The number of methoxy groups -OCH3 is 1. The molecule has 0 aliphatic carbocycles. The number of imidazole rings is 1. The van der Waals surface area contributed by atoms with Gasteiger partial charge in [0.1, 0.15) is 5.75 Å². The Morgan fingerprint density at radius 2 is 1.79 bits per heavy atom. The highest BCUT2D eigenvalue weighted by molar-refractivity contribution is 6.28. The summed E-state index contributed by atoms with van der Waals surface area (Å²) in [5.74, 6) is 0.686. The molecule has 0 spiro atoms. The fraction of sp³-hybridized carbons (Fsp3) is 0.478. The van der Waals surface area contributed by atoms with Crippen molar-refractivity contribution in [3.8, 4) is 5.75 Å². The predicted octanol–water partition coefficient (Wildman–Crippen LogP) is 3.23. The van der Waals surface area contributed by atoms with E-state index in [0.29, 0.717) is 38.0 Å². The second-order valence-corrected chi connectivity index (χ2v) is 8.26. The molecule has 0 aliphatic heterocycles. The van der Waals surface area contributed by atoms with Crippen molar-refractivity contribution >= 4 is 28.7 Å². The van der Waals surface area contributed by atoms with E-state index in [0.717, 1.165) is 30.6 Å². The van der Waals surface area contributed by atoms with Crippen LogP contribution in [0.5, 0.6) is 5.75 Å². The molecule has 1 aromatic carbocycles. The van der Waals surface area contributed by atoms with Crippen LogP contribution in [0.4, 0.5) is 0 Å². The molecule has 0 fully saturated rings. The maximum absolute atomic E-state index is 13.0. The highest BCUT2D eigenvalue weighted by atomic mass is 35.5. The number of rotatable bonds is 12. The number of aryl methyl sites for hydroxylation is 1. The lowest BCUT2D eigenvalue weighted by atomic mass is 10.2. The first-order valence-corrected chi connectivity index (χ1v) is 11.6. The van der Waals surface area contributed by atoms with Crippen LogP contribution in [0.3, 0.4) is 0 Å². The van der Waals surface area contributed by atoms with Gasteiger partial charge in [-0.25, -0.2) is 4.79 Å². The lowest BCUT2D eigenvalue weighted by Crippen LogP contribution is -2.40. The van der Waals surface area contributed by atoms with E-state index in [4.69, 9.17) is 16.3 Å². The Bertz CT molecular complexity index is 1200. The highest BCUT2D eigenvalue weighted by Crippen LogP contribution is 2.12. The van der Waals surface area contributed by atoms with Crippen LogP contribution < -0.4 is 21.3 Å². The number of benzene rings is 1. The number of hydrogen-bond acceptors (Lipinski definition) is 5. The molecule has 10 heteroatoms. The summed E-state index contributed by atoms with van der Waals surface area (Å²) in [7, 11) is 1.61. The van der Waals surface area contributed by atoms with E-state index < -0.39 is 11.2 Å². The predicted molar refractivity (Wildman–Crippen MR) is 128 cm³/mol. The number of halogens is 1. The summed E-state index contributed by atoms with van der Waals surface area (Å²) in [6, 6.07) is 7.49. The SMILES string of the molecule is CCCCCn1c(=O)n(CCCCC(=O)NCc2ccc(OC)cc2)c(=O)c2[nH]c(Cl)nc21. The van der Waals surface area contributed by atoms with Crippen LogP contribution in [-0.2, 0) is 24.4 Å². The molecule has 0 bridgehead atoms. The van der Waals surface area contributed by atoms with E-state index >= 15 is 0 Å². The van der Waals surface area contributed by atoms with Crippen LogP contribution in [0.15, 0.2) is 33.9 Å². The molecule has 1 amide bonds. The van der Waals surface area contributed by atoms with Gasteiger partial charge in [0.15, 0.2) is 11.2 Å². The molecule has 3 aromatic rings. The van der Waals surface area contributed by atoms with Gasteiger partial charge >= 0.3 is 5.69 Å². The smallest absolute Gasteiger partial charge is 0.332 e. The van der Waals surface area contributed by atoms with E-state index in [2.05, 4.69) is 22.2 Å². The van der Waals surface area contributed by atoms with Crippen molar-refractivity contribution in [2.75, 3.05) is 7.11 Å². The average molecular weight is 476 g/mol. The molecule has 9 nitrogen and oxygen atoms in total. The Morgan fingerprint density at radius 1 is 1.09 bits per heavy atom. The Balaban J connectivity index is 1.58. The Hall–Kier alpha value is -3.07. The van der Waals surface area contributed by atoms with Crippen LogP contribution >= 0.6 is 11.6 Å². The summed E-state index contributed by atoms with van der Waals surface area (Å²) in [6.07, 6.45) is 4.18. The molecule has 3 rings (SSSR count). The third kappa shape index (κ3) is 6.25. The minimum atomic E-state index is -0.440. The number of amides is 1. The molecule has 2 aromatic heterocycles. The number of unbranched alkanes of at least 4 members (excludes halogenated alkanes) is 3. The maximum Gasteiger partial charge on any atom is 0.332 e. The number of fused-ring (bicyclic) bond motifs is 1. The van der Waals surface area contributed by atoms with Crippen LogP contribution in [0, 0.1) is 0 Å². The largest absolute Gasteiger partial charge is 0.497 e. The molecule has 0 unspecified atom stereocenters. The quantitative estimate of drug-likeness (QED) is 0.308. The van der Waals surface area contributed by atoms with Crippen molar-refractivity contribution in [2.45, 2.75) is 65.1 Å². The summed E-state index contributed by atoms with van der Waals surface area (Å²) < 4.78 is 7.84. The van der Waals surface area contributed by atoms with Crippen molar-refractivity contribution < 1.29 is 9.53 Å². The summed E-state index contributed by atoms with van der Waals surface area (Å²) in [5, 5.41) is 2.96. The Labute approximate surface area is 196 Å². The maximum atomic E-state index is 13.0. The molecule has 33 heavy (non-hydrogen) atoms.